The van der Waals surface area contributed by atoms with Crippen LogP contribution >= 0.6 is 34.8 Å². The van der Waals surface area contributed by atoms with Crippen molar-refractivity contribution in [2.24, 2.45) is 0 Å². The van der Waals surface area contributed by atoms with Crippen LogP contribution in [0.4, 0.5) is 5.69 Å². The Bertz CT molecular complexity index is 507. The summed E-state index contributed by atoms with van der Waals surface area (Å²) in [5, 5.41) is 11.7. The van der Waals surface area contributed by atoms with Crippen LogP contribution in [0.5, 0.6) is 0 Å². The quantitative estimate of drug-likeness (QED) is 0.815. The number of ether oxygens (including phenoxy) is 1. The molecular weight excluding hydrogens is 316 g/mol. The molecule has 0 aliphatic carbocycles. The summed E-state index contributed by atoms with van der Waals surface area (Å²) in [4.78, 5) is 22.0. The molecule has 5 nitrogen and oxygen atoms in total. The predicted molar refractivity (Wildman–Crippen MR) is 73.2 cm³/mol. The van der Waals surface area contributed by atoms with Crippen LogP contribution in [0.2, 0.25) is 15.1 Å². The van der Waals surface area contributed by atoms with E-state index in [0.29, 0.717) is 0 Å². The highest BCUT2D eigenvalue weighted by atomic mass is 35.5. The first-order chi connectivity index (χ1) is 8.81. The molecule has 0 fully saturated rings. The van der Waals surface area contributed by atoms with Crippen molar-refractivity contribution in [2.45, 2.75) is 13.0 Å². The number of carboxylic acids is 1. The smallest absolute Gasteiger partial charge is 0.332 e. The molecule has 1 aromatic rings. The number of rotatable bonds is 5. The summed E-state index contributed by atoms with van der Waals surface area (Å²) in [6.45, 7) is 0.909. The first-order valence-corrected chi connectivity index (χ1v) is 6.23. The highest BCUT2D eigenvalue weighted by molar-refractivity contribution is 6.44. The van der Waals surface area contributed by atoms with Crippen LogP contribution in [0.3, 0.4) is 0 Å². The second-order valence-corrected chi connectivity index (χ2v) is 4.81. The predicted octanol–water partition coefficient (Wildman–Crippen LogP) is 3.08. The number of carbonyl (C=O) groups excluding carboxylic acids is 1. The van der Waals surface area contributed by atoms with E-state index in [9.17, 15) is 9.59 Å². The lowest BCUT2D eigenvalue weighted by atomic mass is 10.3. The Kier molecular flexibility index (Phi) is 5.87. The summed E-state index contributed by atoms with van der Waals surface area (Å²) >= 11 is 17.4. The average molecular weight is 327 g/mol. The monoisotopic (exact) mass is 325 g/mol. The first kappa shape index (κ1) is 16.0. The van der Waals surface area contributed by atoms with E-state index >= 15 is 0 Å². The molecule has 0 bridgehead atoms. The molecule has 8 heteroatoms. The largest absolute Gasteiger partial charge is 0.479 e. The van der Waals surface area contributed by atoms with Crippen LogP contribution in [0.25, 0.3) is 0 Å². The molecule has 1 unspecified atom stereocenters. The molecule has 1 aromatic carbocycles. The van der Waals surface area contributed by atoms with Gasteiger partial charge in [-0.1, -0.05) is 34.8 Å². The molecule has 0 radical (unpaired) electrons. The van der Waals surface area contributed by atoms with E-state index in [2.05, 4.69) is 5.32 Å². The van der Waals surface area contributed by atoms with Crippen LogP contribution in [-0.4, -0.2) is 29.7 Å². The third-order valence-corrected chi connectivity index (χ3v) is 3.13. The van der Waals surface area contributed by atoms with Crippen LogP contribution in [-0.2, 0) is 14.3 Å². The van der Waals surface area contributed by atoms with Crippen molar-refractivity contribution >= 4 is 52.4 Å². The molecule has 19 heavy (non-hydrogen) atoms. The highest BCUT2D eigenvalue weighted by Crippen LogP contribution is 2.32. The fraction of sp³-hybridized carbons (Fsp3) is 0.273. The van der Waals surface area contributed by atoms with Crippen LogP contribution in [0.15, 0.2) is 12.1 Å². The molecular formula is C11H10Cl3NO4. The third kappa shape index (κ3) is 4.87. The number of aliphatic carboxylic acids is 1. The lowest BCUT2D eigenvalue weighted by molar-refractivity contribution is -0.150. The number of carboxylic acid groups (broad SMARTS) is 1. The molecule has 1 rings (SSSR count). The Labute approximate surface area is 124 Å². The molecule has 2 N–H and O–H groups in total. The van der Waals surface area contributed by atoms with Gasteiger partial charge in [0.05, 0.1) is 20.8 Å². The van der Waals surface area contributed by atoms with Gasteiger partial charge in [0.15, 0.2) is 6.10 Å². The number of amides is 1. The summed E-state index contributed by atoms with van der Waals surface area (Å²) in [7, 11) is 0. The van der Waals surface area contributed by atoms with E-state index in [4.69, 9.17) is 44.6 Å². The number of nitrogens with one attached hydrogen (secondary N) is 1. The molecule has 104 valence electrons. The van der Waals surface area contributed by atoms with Gasteiger partial charge in [-0.15, -0.1) is 0 Å². The number of halogens is 3. The third-order valence-electron chi connectivity index (χ3n) is 2.10. The topological polar surface area (TPSA) is 75.6 Å². The normalized spacial score (nSPS) is 12.0. The highest BCUT2D eigenvalue weighted by Gasteiger charge is 2.14. The van der Waals surface area contributed by atoms with Gasteiger partial charge < -0.3 is 15.2 Å². The van der Waals surface area contributed by atoms with Crippen LogP contribution < -0.4 is 5.32 Å². The van der Waals surface area contributed by atoms with Gasteiger partial charge in [0, 0.05) is 0 Å². The minimum atomic E-state index is -1.15. The molecule has 0 aliphatic rings. The summed E-state index contributed by atoms with van der Waals surface area (Å²) < 4.78 is 4.82. The molecule has 1 amide bonds. The Morgan fingerprint density at radius 3 is 2.42 bits per heavy atom. The number of hydrogen-bond donors (Lipinski definition) is 2. The van der Waals surface area contributed by atoms with Gasteiger partial charge in [-0.05, 0) is 19.1 Å². The standard InChI is InChI=1S/C11H10Cl3NO4/c1-5(11(17)18)19-4-10(16)15-9-3-7(13)6(12)2-8(9)14/h2-3,5H,4H2,1H3,(H,15,16)(H,17,18). The maximum Gasteiger partial charge on any atom is 0.332 e. The second kappa shape index (κ2) is 6.96. The number of hydrogen-bond acceptors (Lipinski definition) is 3. The van der Waals surface area contributed by atoms with E-state index in [1.807, 2.05) is 0 Å². The summed E-state index contributed by atoms with van der Waals surface area (Å²) in [5.41, 5.74) is 0.271. The van der Waals surface area contributed by atoms with Gasteiger partial charge >= 0.3 is 5.97 Å². The molecule has 0 saturated carbocycles. The molecule has 0 heterocycles. The van der Waals surface area contributed by atoms with Crippen molar-refractivity contribution < 1.29 is 19.4 Å². The van der Waals surface area contributed by atoms with Crippen molar-refractivity contribution in [3.05, 3.63) is 27.2 Å². The first-order valence-electron chi connectivity index (χ1n) is 5.10. The Balaban J connectivity index is 2.62. The Morgan fingerprint density at radius 1 is 1.26 bits per heavy atom. The molecule has 1 atom stereocenters. The second-order valence-electron chi connectivity index (χ2n) is 3.59. The summed E-state index contributed by atoms with van der Waals surface area (Å²) in [6, 6.07) is 2.78. The van der Waals surface area contributed by atoms with Gasteiger partial charge in [0.2, 0.25) is 5.91 Å². The lowest BCUT2D eigenvalue weighted by Crippen LogP contribution is -2.26. The fourth-order valence-electron chi connectivity index (χ4n) is 1.08. The van der Waals surface area contributed by atoms with Crippen LogP contribution in [0, 0.1) is 0 Å². The van der Waals surface area contributed by atoms with Gasteiger partial charge in [-0.25, -0.2) is 4.79 Å². The van der Waals surface area contributed by atoms with Crippen molar-refractivity contribution in [1.82, 2.24) is 0 Å². The van der Waals surface area contributed by atoms with Gasteiger partial charge in [-0.2, -0.15) is 0 Å². The SMILES string of the molecule is CC(OCC(=O)Nc1cc(Cl)c(Cl)cc1Cl)C(=O)O. The van der Waals surface area contributed by atoms with Crippen molar-refractivity contribution in [3.63, 3.8) is 0 Å². The number of benzene rings is 1. The average Bonchev–Trinajstić information content (AvgIpc) is 2.32. The molecule has 0 aliphatic heterocycles. The zero-order chi connectivity index (χ0) is 14.6. The van der Waals surface area contributed by atoms with Crippen molar-refractivity contribution in [2.75, 3.05) is 11.9 Å². The zero-order valence-electron chi connectivity index (χ0n) is 9.75. The van der Waals surface area contributed by atoms with E-state index in [-0.39, 0.29) is 20.8 Å². The summed E-state index contributed by atoms with van der Waals surface area (Å²) in [5.74, 6) is -1.70. The molecule has 0 aromatic heterocycles. The number of carbonyl (C=O) groups is 2. The summed E-state index contributed by atoms with van der Waals surface area (Å²) in [6.07, 6.45) is -1.07. The van der Waals surface area contributed by atoms with Crippen molar-refractivity contribution in [3.8, 4) is 0 Å². The number of anilines is 1. The molecule has 0 saturated heterocycles. The van der Waals surface area contributed by atoms with Crippen molar-refractivity contribution in [1.29, 1.82) is 0 Å². The van der Waals surface area contributed by atoms with E-state index in [1.165, 1.54) is 19.1 Å². The fourth-order valence-corrected chi connectivity index (χ4v) is 1.67. The minimum absolute atomic E-state index is 0.217. The van der Waals surface area contributed by atoms with Gasteiger partial charge in [-0.3, -0.25) is 4.79 Å². The van der Waals surface area contributed by atoms with Crippen LogP contribution in [0.1, 0.15) is 6.92 Å². The maximum atomic E-state index is 11.5. The van der Waals surface area contributed by atoms with Gasteiger partial charge in [0.1, 0.15) is 6.61 Å². The zero-order valence-corrected chi connectivity index (χ0v) is 12.0. The van der Waals surface area contributed by atoms with E-state index < -0.39 is 24.6 Å². The van der Waals surface area contributed by atoms with E-state index in [0.717, 1.165) is 0 Å². The van der Waals surface area contributed by atoms with E-state index in [1.54, 1.807) is 0 Å². The lowest BCUT2D eigenvalue weighted by Gasteiger charge is -2.10. The Morgan fingerprint density at radius 2 is 1.84 bits per heavy atom. The molecule has 0 spiro atoms. The van der Waals surface area contributed by atoms with Gasteiger partial charge in [0.25, 0.3) is 0 Å². The minimum Gasteiger partial charge on any atom is -0.479 e. The maximum absolute atomic E-state index is 11.5. The Hall–Kier alpha value is -1.01.